The minimum atomic E-state index is 0.825. The molecule has 1 aliphatic heterocycles. The van der Waals surface area contributed by atoms with E-state index in [2.05, 4.69) is 19.9 Å². The number of aliphatic imine (C=N–C) groups is 1. The van der Waals surface area contributed by atoms with Crippen molar-refractivity contribution < 1.29 is 0 Å². The Labute approximate surface area is 71.3 Å². The molecule has 0 unspecified atom stereocenters. The number of aromatic nitrogens is 2. The molecule has 1 N–H and O–H groups in total. The number of nitrogens with zero attached hydrogens (tertiary/aromatic N) is 3. The van der Waals surface area contributed by atoms with E-state index in [1.54, 1.807) is 0 Å². The topological polar surface area (TPSA) is 42.2 Å². The molecule has 1 aliphatic rings. The molecule has 2 heterocycles. The van der Waals surface area contributed by atoms with Crippen molar-refractivity contribution in [3.63, 3.8) is 0 Å². The maximum Gasteiger partial charge on any atom is 0.117 e. The van der Waals surface area contributed by atoms with Crippen molar-refractivity contribution >= 4 is 5.84 Å². The van der Waals surface area contributed by atoms with Crippen LogP contribution in [0.1, 0.15) is 5.82 Å². The third-order valence-corrected chi connectivity index (χ3v) is 1.99. The summed E-state index contributed by atoms with van der Waals surface area (Å²) in [5.41, 5.74) is 0. The van der Waals surface area contributed by atoms with Gasteiger partial charge in [-0.25, -0.2) is 4.98 Å². The molecule has 0 radical (unpaired) electrons. The molecule has 2 rings (SSSR count). The van der Waals surface area contributed by atoms with Crippen molar-refractivity contribution in [3.8, 4) is 0 Å². The Morgan fingerprint density at radius 1 is 1.67 bits per heavy atom. The number of rotatable bonds is 2. The van der Waals surface area contributed by atoms with Crippen LogP contribution in [0, 0.1) is 6.92 Å². The van der Waals surface area contributed by atoms with Crippen molar-refractivity contribution in [2.24, 2.45) is 4.99 Å². The zero-order valence-corrected chi connectivity index (χ0v) is 7.12. The van der Waals surface area contributed by atoms with Gasteiger partial charge in [-0.15, -0.1) is 0 Å². The van der Waals surface area contributed by atoms with Gasteiger partial charge in [0.25, 0.3) is 0 Å². The Hall–Kier alpha value is -1.32. The summed E-state index contributed by atoms with van der Waals surface area (Å²) >= 11 is 0. The first-order valence-electron chi connectivity index (χ1n) is 4.11. The predicted molar refractivity (Wildman–Crippen MR) is 47.3 cm³/mol. The van der Waals surface area contributed by atoms with Crippen LogP contribution in [0.15, 0.2) is 17.4 Å². The van der Waals surface area contributed by atoms with Crippen LogP contribution in [0.2, 0.25) is 0 Å². The van der Waals surface area contributed by atoms with E-state index in [0.717, 1.165) is 31.3 Å². The second-order valence-corrected chi connectivity index (χ2v) is 2.86. The minimum absolute atomic E-state index is 0.825. The monoisotopic (exact) mass is 164 g/mol. The molecule has 0 spiro atoms. The van der Waals surface area contributed by atoms with Gasteiger partial charge in [-0.2, -0.15) is 0 Å². The van der Waals surface area contributed by atoms with Crippen LogP contribution in [0.3, 0.4) is 0 Å². The fourth-order valence-electron chi connectivity index (χ4n) is 1.29. The summed E-state index contributed by atoms with van der Waals surface area (Å²) in [6.45, 7) is 4.70. The molecular weight excluding hydrogens is 152 g/mol. The van der Waals surface area contributed by atoms with Crippen LogP contribution >= 0.6 is 0 Å². The highest BCUT2D eigenvalue weighted by atomic mass is 15.1. The summed E-state index contributed by atoms with van der Waals surface area (Å²) < 4.78 is 2.08. The summed E-state index contributed by atoms with van der Waals surface area (Å²) in [5.74, 6) is 2.10. The highest BCUT2D eigenvalue weighted by Gasteiger charge is 2.06. The highest BCUT2D eigenvalue weighted by molar-refractivity contribution is 5.83. The molecule has 0 bridgehead atoms. The zero-order chi connectivity index (χ0) is 8.39. The first kappa shape index (κ1) is 7.34. The highest BCUT2D eigenvalue weighted by Crippen LogP contribution is 1.96. The van der Waals surface area contributed by atoms with Gasteiger partial charge in [0.1, 0.15) is 11.7 Å². The molecule has 0 aliphatic carbocycles. The first-order chi connectivity index (χ1) is 5.86. The van der Waals surface area contributed by atoms with Crippen molar-refractivity contribution in [3.05, 3.63) is 18.2 Å². The first-order valence-corrected chi connectivity index (χ1v) is 4.11. The Balaban J connectivity index is 2.08. The van der Waals surface area contributed by atoms with Crippen molar-refractivity contribution in [1.82, 2.24) is 14.9 Å². The number of hydrogen-bond donors (Lipinski definition) is 1. The molecular formula is C8H12N4. The number of amidine groups is 1. The predicted octanol–water partition coefficient (Wildman–Crippen LogP) is 0.193. The van der Waals surface area contributed by atoms with E-state index in [4.69, 9.17) is 0 Å². The molecule has 12 heavy (non-hydrogen) atoms. The molecule has 1 aromatic heterocycles. The number of imidazole rings is 1. The second-order valence-electron chi connectivity index (χ2n) is 2.86. The molecule has 0 saturated heterocycles. The lowest BCUT2D eigenvalue weighted by Gasteiger charge is -2.04. The lowest BCUT2D eigenvalue weighted by atomic mass is 10.5. The van der Waals surface area contributed by atoms with E-state index < -0.39 is 0 Å². The fraction of sp³-hybridized carbons (Fsp3) is 0.500. The van der Waals surface area contributed by atoms with Crippen LogP contribution in [0.25, 0.3) is 0 Å². The van der Waals surface area contributed by atoms with Crippen LogP contribution in [-0.2, 0) is 6.54 Å². The summed E-state index contributed by atoms with van der Waals surface area (Å²) in [5, 5.41) is 3.22. The van der Waals surface area contributed by atoms with E-state index in [1.165, 1.54) is 0 Å². The lowest BCUT2D eigenvalue weighted by Crippen LogP contribution is -2.23. The maximum absolute atomic E-state index is 4.31. The van der Waals surface area contributed by atoms with Gasteiger partial charge in [0, 0.05) is 18.9 Å². The summed E-state index contributed by atoms with van der Waals surface area (Å²) in [6.07, 6.45) is 3.78. The quantitative estimate of drug-likeness (QED) is 0.678. The number of aryl methyl sites for hydroxylation is 1. The Morgan fingerprint density at radius 2 is 2.58 bits per heavy atom. The van der Waals surface area contributed by atoms with Crippen LogP contribution in [-0.4, -0.2) is 28.5 Å². The van der Waals surface area contributed by atoms with Crippen LogP contribution in [0.4, 0.5) is 0 Å². The summed E-state index contributed by atoms with van der Waals surface area (Å²) in [4.78, 5) is 8.45. The molecule has 1 aromatic rings. The van der Waals surface area contributed by atoms with E-state index in [0.29, 0.717) is 0 Å². The molecule has 4 heteroatoms. The standard InChI is InChI=1S/C8H12N4/c1-7-9-4-5-12(7)6-8-10-2-3-11-8/h4-5H,2-3,6H2,1H3,(H,10,11). The van der Waals surface area contributed by atoms with Crippen molar-refractivity contribution in [2.75, 3.05) is 13.1 Å². The van der Waals surface area contributed by atoms with Gasteiger partial charge in [-0.1, -0.05) is 0 Å². The van der Waals surface area contributed by atoms with E-state index in [9.17, 15) is 0 Å². The number of hydrogen-bond acceptors (Lipinski definition) is 3. The van der Waals surface area contributed by atoms with Gasteiger partial charge >= 0.3 is 0 Å². The minimum Gasteiger partial charge on any atom is -0.370 e. The Morgan fingerprint density at radius 3 is 3.17 bits per heavy atom. The summed E-state index contributed by atoms with van der Waals surface area (Å²) in [6, 6.07) is 0. The third kappa shape index (κ3) is 1.32. The fourth-order valence-corrected chi connectivity index (χ4v) is 1.29. The molecule has 0 atom stereocenters. The zero-order valence-electron chi connectivity index (χ0n) is 7.12. The maximum atomic E-state index is 4.31. The van der Waals surface area contributed by atoms with Crippen LogP contribution < -0.4 is 5.32 Å². The Bertz CT molecular complexity index is 300. The van der Waals surface area contributed by atoms with E-state index >= 15 is 0 Å². The van der Waals surface area contributed by atoms with Crippen LogP contribution in [0.5, 0.6) is 0 Å². The van der Waals surface area contributed by atoms with E-state index in [1.807, 2.05) is 19.3 Å². The van der Waals surface area contributed by atoms with Gasteiger partial charge in [0.15, 0.2) is 0 Å². The van der Waals surface area contributed by atoms with Gasteiger partial charge < -0.3 is 9.88 Å². The average molecular weight is 164 g/mol. The molecule has 0 fully saturated rings. The largest absolute Gasteiger partial charge is 0.370 e. The summed E-state index contributed by atoms with van der Waals surface area (Å²) in [7, 11) is 0. The molecule has 64 valence electrons. The van der Waals surface area contributed by atoms with Gasteiger partial charge in [0.05, 0.1) is 13.1 Å². The molecule has 0 saturated carbocycles. The lowest BCUT2D eigenvalue weighted by molar-refractivity contribution is 0.789. The van der Waals surface area contributed by atoms with Crippen molar-refractivity contribution in [2.45, 2.75) is 13.5 Å². The van der Waals surface area contributed by atoms with Gasteiger partial charge in [0.2, 0.25) is 0 Å². The second kappa shape index (κ2) is 2.97. The number of nitrogens with one attached hydrogen (secondary N) is 1. The molecule has 0 amide bonds. The molecule has 4 nitrogen and oxygen atoms in total. The third-order valence-electron chi connectivity index (χ3n) is 1.99. The molecule has 0 aromatic carbocycles. The normalized spacial score (nSPS) is 15.9. The smallest absolute Gasteiger partial charge is 0.117 e. The van der Waals surface area contributed by atoms with Gasteiger partial charge in [-0.3, -0.25) is 4.99 Å². The average Bonchev–Trinajstić information content (AvgIpc) is 2.65. The SMILES string of the molecule is Cc1nccn1CC1=NCCN1. The Kier molecular flexibility index (Phi) is 1.81. The van der Waals surface area contributed by atoms with Crippen molar-refractivity contribution in [1.29, 1.82) is 0 Å². The van der Waals surface area contributed by atoms with E-state index in [-0.39, 0.29) is 0 Å². The van der Waals surface area contributed by atoms with Gasteiger partial charge in [-0.05, 0) is 6.92 Å².